The van der Waals surface area contributed by atoms with Gasteiger partial charge in [0, 0.05) is 17.1 Å². The maximum Gasteiger partial charge on any atom is 0.308 e. The van der Waals surface area contributed by atoms with Crippen molar-refractivity contribution in [2.75, 3.05) is 7.05 Å². The van der Waals surface area contributed by atoms with E-state index in [-0.39, 0.29) is 12.0 Å². The van der Waals surface area contributed by atoms with Gasteiger partial charge < -0.3 is 5.11 Å². The molecule has 3 nitrogen and oxygen atoms in total. The molecule has 2 unspecified atom stereocenters. The summed E-state index contributed by atoms with van der Waals surface area (Å²) in [6, 6.07) is 8.36. The van der Waals surface area contributed by atoms with Crippen LogP contribution in [0.5, 0.6) is 0 Å². The summed E-state index contributed by atoms with van der Waals surface area (Å²) in [5.41, 5.74) is 1.22. The fourth-order valence-electron chi connectivity index (χ4n) is 2.75. The number of carboxylic acids is 1. The Balaban J connectivity index is 2.01. The first-order valence-corrected chi connectivity index (χ1v) is 7.04. The smallest absolute Gasteiger partial charge is 0.308 e. The van der Waals surface area contributed by atoms with Gasteiger partial charge in [0.15, 0.2) is 0 Å². The van der Waals surface area contributed by atoms with Gasteiger partial charge in [0.1, 0.15) is 0 Å². The molecular weight excluding hydrogens is 294 g/mol. The van der Waals surface area contributed by atoms with Gasteiger partial charge in [-0.3, -0.25) is 9.69 Å². The first-order chi connectivity index (χ1) is 8.58. The topological polar surface area (TPSA) is 40.5 Å². The van der Waals surface area contributed by atoms with E-state index in [4.69, 9.17) is 0 Å². The van der Waals surface area contributed by atoms with Gasteiger partial charge in [0.2, 0.25) is 0 Å². The van der Waals surface area contributed by atoms with Gasteiger partial charge in [-0.15, -0.1) is 0 Å². The molecule has 1 saturated carbocycles. The van der Waals surface area contributed by atoms with Crippen molar-refractivity contribution < 1.29 is 9.90 Å². The summed E-state index contributed by atoms with van der Waals surface area (Å²) in [4.78, 5) is 13.4. The summed E-state index contributed by atoms with van der Waals surface area (Å²) in [6.07, 6.45) is 2.82. The predicted molar refractivity (Wildman–Crippen MR) is 74.4 cm³/mol. The molecule has 0 radical (unpaired) electrons. The van der Waals surface area contributed by atoms with Gasteiger partial charge in [0.25, 0.3) is 0 Å². The molecule has 1 fully saturated rings. The first-order valence-electron chi connectivity index (χ1n) is 6.25. The fraction of sp³-hybridized carbons (Fsp3) is 0.500. The Kier molecular flexibility index (Phi) is 4.40. The molecule has 1 N–H and O–H groups in total. The Morgan fingerprint density at radius 3 is 2.67 bits per heavy atom. The zero-order valence-electron chi connectivity index (χ0n) is 10.5. The SMILES string of the molecule is CN(Cc1ccc(Br)cc1)C1CCCC1C(=O)O. The zero-order chi connectivity index (χ0) is 13.1. The zero-order valence-corrected chi connectivity index (χ0v) is 12.1. The second kappa shape index (κ2) is 5.85. The molecule has 0 saturated heterocycles. The second-order valence-corrected chi connectivity index (χ2v) is 5.90. The minimum Gasteiger partial charge on any atom is -0.481 e. The van der Waals surface area contributed by atoms with Crippen LogP contribution in [0.3, 0.4) is 0 Å². The van der Waals surface area contributed by atoms with E-state index in [2.05, 4.69) is 33.0 Å². The van der Waals surface area contributed by atoms with Crippen LogP contribution in [0, 0.1) is 5.92 Å². The van der Waals surface area contributed by atoms with Crippen molar-refractivity contribution in [1.29, 1.82) is 0 Å². The van der Waals surface area contributed by atoms with Crippen molar-refractivity contribution in [1.82, 2.24) is 4.90 Å². The number of halogens is 1. The Hall–Kier alpha value is -0.870. The molecule has 98 valence electrons. The average Bonchev–Trinajstić information content (AvgIpc) is 2.81. The minimum atomic E-state index is -0.653. The van der Waals surface area contributed by atoms with Crippen LogP contribution in [0.25, 0.3) is 0 Å². The number of carbonyl (C=O) groups is 1. The van der Waals surface area contributed by atoms with Crippen molar-refractivity contribution in [3.05, 3.63) is 34.3 Å². The van der Waals surface area contributed by atoms with Crippen LogP contribution >= 0.6 is 15.9 Å². The minimum absolute atomic E-state index is 0.172. The van der Waals surface area contributed by atoms with Crippen LogP contribution in [0.2, 0.25) is 0 Å². The number of aliphatic carboxylic acids is 1. The first kappa shape index (κ1) is 13.6. The van der Waals surface area contributed by atoms with E-state index < -0.39 is 5.97 Å². The molecular formula is C14H18BrNO2. The number of hydrogen-bond donors (Lipinski definition) is 1. The number of hydrogen-bond acceptors (Lipinski definition) is 2. The third-order valence-corrected chi connectivity index (χ3v) is 4.24. The van der Waals surface area contributed by atoms with Crippen LogP contribution in [-0.4, -0.2) is 29.1 Å². The van der Waals surface area contributed by atoms with Crippen LogP contribution in [-0.2, 0) is 11.3 Å². The molecule has 0 aliphatic heterocycles. The summed E-state index contributed by atoms with van der Waals surface area (Å²) >= 11 is 3.42. The largest absolute Gasteiger partial charge is 0.481 e. The highest BCUT2D eigenvalue weighted by atomic mass is 79.9. The molecule has 1 aliphatic rings. The highest BCUT2D eigenvalue weighted by molar-refractivity contribution is 9.10. The molecule has 2 rings (SSSR count). The van der Waals surface area contributed by atoms with Crippen LogP contribution in [0.15, 0.2) is 28.7 Å². The molecule has 0 amide bonds. The van der Waals surface area contributed by atoms with E-state index >= 15 is 0 Å². The van der Waals surface area contributed by atoms with E-state index in [1.54, 1.807) is 0 Å². The number of carboxylic acid groups (broad SMARTS) is 1. The highest BCUT2D eigenvalue weighted by Gasteiger charge is 2.35. The van der Waals surface area contributed by atoms with E-state index in [0.717, 1.165) is 30.3 Å². The van der Waals surface area contributed by atoms with E-state index in [0.29, 0.717) is 0 Å². The third kappa shape index (κ3) is 3.12. The fourth-order valence-corrected chi connectivity index (χ4v) is 3.02. The van der Waals surface area contributed by atoms with Crippen LogP contribution < -0.4 is 0 Å². The van der Waals surface area contributed by atoms with Crippen molar-refractivity contribution in [3.63, 3.8) is 0 Å². The summed E-state index contributed by atoms with van der Waals surface area (Å²) in [7, 11) is 2.02. The Morgan fingerprint density at radius 1 is 1.39 bits per heavy atom. The van der Waals surface area contributed by atoms with E-state index in [9.17, 15) is 9.90 Å². The summed E-state index contributed by atoms with van der Waals surface area (Å²) < 4.78 is 1.07. The number of nitrogens with zero attached hydrogens (tertiary/aromatic N) is 1. The second-order valence-electron chi connectivity index (χ2n) is 4.98. The average molecular weight is 312 g/mol. The predicted octanol–water partition coefficient (Wildman–Crippen LogP) is 3.13. The summed E-state index contributed by atoms with van der Waals surface area (Å²) in [6.45, 7) is 0.807. The van der Waals surface area contributed by atoms with E-state index in [1.165, 1.54) is 5.56 Å². The van der Waals surface area contributed by atoms with Crippen molar-refractivity contribution >= 4 is 21.9 Å². The lowest BCUT2D eigenvalue weighted by Gasteiger charge is -2.27. The quantitative estimate of drug-likeness (QED) is 0.928. The Labute approximate surface area is 116 Å². The lowest BCUT2D eigenvalue weighted by Crippen LogP contribution is -2.37. The van der Waals surface area contributed by atoms with Gasteiger partial charge in [-0.25, -0.2) is 0 Å². The normalized spacial score (nSPS) is 23.5. The lowest BCUT2D eigenvalue weighted by molar-refractivity contribution is -0.143. The lowest BCUT2D eigenvalue weighted by atomic mass is 10.0. The van der Waals surface area contributed by atoms with Crippen LogP contribution in [0.4, 0.5) is 0 Å². The number of benzene rings is 1. The Bertz CT molecular complexity index is 418. The maximum absolute atomic E-state index is 11.2. The molecule has 0 bridgehead atoms. The molecule has 1 aliphatic carbocycles. The third-order valence-electron chi connectivity index (χ3n) is 3.71. The van der Waals surface area contributed by atoms with Crippen molar-refractivity contribution in [2.45, 2.75) is 31.8 Å². The monoisotopic (exact) mass is 311 g/mol. The molecule has 0 aromatic heterocycles. The van der Waals surface area contributed by atoms with E-state index in [1.807, 2.05) is 19.2 Å². The molecule has 0 heterocycles. The number of rotatable bonds is 4. The molecule has 1 aromatic carbocycles. The summed E-state index contributed by atoms with van der Waals surface area (Å²) in [5.74, 6) is -0.856. The van der Waals surface area contributed by atoms with Gasteiger partial charge in [0.05, 0.1) is 5.92 Å². The standard InChI is InChI=1S/C14H18BrNO2/c1-16(9-10-5-7-11(15)8-6-10)13-4-2-3-12(13)14(17)18/h5-8,12-13H,2-4,9H2,1H3,(H,17,18). The van der Waals surface area contributed by atoms with Gasteiger partial charge in [-0.1, -0.05) is 34.5 Å². The van der Waals surface area contributed by atoms with Gasteiger partial charge >= 0.3 is 5.97 Å². The molecule has 0 spiro atoms. The molecule has 18 heavy (non-hydrogen) atoms. The Morgan fingerprint density at radius 2 is 2.06 bits per heavy atom. The van der Waals surface area contributed by atoms with Gasteiger partial charge in [-0.05, 0) is 37.6 Å². The highest BCUT2D eigenvalue weighted by Crippen LogP contribution is 2.30. The maximum atomic E-state index is 11.2. The van der Waals surface area contributed by atoms with Crippen LogP contribution in [0.1, 0.15) is 24.8 Å². The van der Waals surface area contributed by atoms with Crippen molar-refractivity contribution in [2.24, 2.45) is 5.92 Å². The van der Waals surface area contributed by atoms with Gasteiger partial charge in [-0.2, -0.15) is 0 Å². The summed E-state index contributed by atoms with van der Waals surface area (Å²) in [5, 5.41) is 9.20. The van der Waals surface area contributed by atoms with Crippen molar-refractivity contribution in [3.8, 4) is 0 Å². The molecule has 4 heteroatoms. The molecule has 2 atom stereocenters. The molecule has 1 aromatic rings.